The van der Waals surface area contributed by atoms with E-state index in [2.05, 4.69) is 10.6 Å². The highest BCUT2D eigenvalue weighted by Gasteiger charge is 2.27. The molecule has 6 nitrogen and oxygen atoms in total. The largest absolute Gasteiger partial charge is 0.481 e. The molecule has 0 unspecified atom stereocenters. The third-order valence-corrected chi connectivity index (χ3v) is 2.74. The zero-order chi connectivity index (χ0) is 13.8. The summed E-state index contributed by atoms with van der Waals surface area (Å²) in [4.78, 5) is 22.3. The molecule has 18 heavy (non-hydrogen) atoms. The summed E-state index contributed by atoms with van der Waals surface area (Å²) in [6.07, 6.45) is 0.699. The highest BCUT2D eigenvalue weighted by Crippen LogP contribution is 2.16. The average Bonchev–Trinajstić information content (AvgIpc) is 2.24. The number of nitrogens with one attached hydrogen (secondary N) is 2. The van der Waals surface area contributed by atoms with E-state index in [1.165, 1.54) is 0 Å². The summed E-state index contributed by atoms with van der Waals surface area (Å²) >= 11 is 0. The van der Waals surface area contributed by atoms with Gasteiger partial charge in [0.15, 0.2) is 0 Å². The number of carboxylic acids is 1. The van der Waals surface area contributed by atoms with Gasteiger partial charge in [-0.2, -0.15) is 0 Å². The topological polar surface area (TPSA) is 87.7 Å². The molecular weight excluding hydrogens is 236 g/mol. The number of piperidine rings is 1. The zero-order valence-corrected chi connectivity index (χ0v) is 11.2. The minimum absolute atomic E-state index is 0.00707. The van der Waals surface area contributed by atoms with Crippen LogP contribution >= 0.6 is 0 Å². The predicted molar refractivity (Wildman–Crippen MR) is 66.4 cm³/mol. The SMILES string of the molecule is CC(C)(C)OC(=O)NC[C@@H]1C[C@H](C(=O)O)CCN1. The van der Waals surface area contributed by atoms with E-state index in [0.717, 1.165) is 0 Å². The minimum Gasteiger partial charge on any atom is -0.481 e. The first-order chi connectivity index (χ1) is 8.28. The molecule has 1 aliphatic heterocycles. The van der Waals surface area contributed by atoms with Crippen LogP contribution in [0.5, 0.6) is 0 Å². The summed E-state index contributed by atoms with van der Waals surface area (Å²) in [6.45, 7) is 6.44. The second-order valence-corrected chi connectivity index (χ2v) is 5.59. The molecular formula is C12H22N2O4. The number of carboxylic acid groups (broad SMARTS) is 1. The molecule has 1 heterocycles. The second-order valence-electron chi connectivity index (χ2n) is 5.59. The quantitative estimate of drug-likeness (QED) is 0.702. The standard InChI is InChI=1S/C12H22N2O4/c1-12(2,3)18-11(17)14-7-9-6-8(10(15)16)4-5-13-9/h8-9,13H,4-7H2,1-3H3,(H,14,17)(H,15,16)/t8-,9+/m1/s1. The van der Waals surface area contributed by atoms with Crippen molar-refractivity contribution in [1.29, 1.82) is 0 Å². The smallest absolute Gasteiger partial charge is 0.407 e. The first-order valence-electron chi connectivity index (χ1n) is 6.21. The minimum atomic E-state index is -0.765. The molecule has 0 saturated carbocycles. The Morgan fingerprint density at radius 3 is 2.67 bits per heavy atom. The molecule has 0 aromatic heterocycles. The Balaban J connectivity index is 2.31. The van der Waals surface area contributed by atoms with E-state index >= 15 is 0 Å². The fourth-order valence-electron chi connectivity index (χ4n) is 1.91. The third-order valence-electron chi connectivity index (χ3n) is 2.74. The van der Waals surface area contributed by atoms with Gasteiger partial charge in [0.2, 0.25) is 0 Å². The number of aliphatic carboxylic acids is 1. The number of rotatable bonds is 3. The Hall–Kier alpha value is -1.30. The number of carbonyl (C=O) groups excluding carboxylic acids is 1. The van der Waals surface area contributed by atoms with E-state index in [0.29, 0.717) is 25.9 Å². The molecule has 1 rings (SSSR count). The van der Waals surface area contributed by atoms with E-state index in [1.54, 1.807) is 20.8 Å². The average molecular weight is 258 g/mol. The van der Waals surface area contributed by atoms with Crippen molar-refractivity contribution in [3.05, 3.63) is 0 Å². The highest BCUT2D eigenvalue weighted by atomic mass is 16.6. The maximum absolute atomic E-state index is 11.4. The van der Waals surface area contributed by atoms with Crippen molar-refractivity contribution in [1.82, 2.24) is 10.6 Å². The molecule has 0 bridgehead atoms. The maximum atomic E-state index is 11.4. The van der Waals surface area contributed by atoms with Crippen molar-refractivity contribution in [2.24, 2.45) is 5.92 Å². The number of alkyl carbamates (subject to hydrolysis) is 1. The van der Waals surface area contributed by atoms with Crippen LogP contribution in [0.4, 0.5) is 4.79 Å². The number of carbonyl (C=O) groups is 2. The Bertz CT molecular complexity index is 312. The van der Waals surface area contributed by atoms with Crippen molar-refractivity contribution in [2.45, 2.75) is 45.3 Å². The van der Waals surface area contributed by atoms with Gasteiger partial charge in [-0.15, -0.1) is 0 Å². The van der Waals surface area contributed by atoms with Crippen LogP contribution in [0.25, 0.3) is 0 Å². The van der Waals surface area contributed by atoms with Crippen LogP contribution < -0.4 is 10.6 Å². The van der Waals surface area contributed by atoms with Crippen LogP contribution in [0.2, 0.25) is 0 Å². The highest BCUT2D eigenvalue weighted by molar-refractivity contribution is 5.70. The van der Waals surface area contributed by atoms with E-state index in [-0.39, 0.29) is 12.0 Å². The first-order valence-corrected chi connectivity index (χ1v) is 6.21. The van der Waals surface area contributed by atoms with Crippen molar-refractivity contribution in [2.75, 3.05) is 13.1 Å². The van der Waals surface area contributed by atoms with Crippen LogP contribution in [-0.2, 0) is 9.53 Å². The molecule has 1 saturated heterocycles. The Morgan fingerprint density at radius 2 is 2.11 bits per heavy atom. The molecule has 6 heteroatoms. The lowest BCUT2D eigenvalue weighted by Gasteiger charge is -2.28. The van der Waals surface area contributed by atoms with Crippen LogP contribution in [0.3, 0.4) is 0 Å². The van der Waals surface area contributed by atoms with Gasteiger partial charge in [0.1, 0.15) is 5.60 Å². The van der Waals surface area contributed by atoms with Gasteiger partial charge in [-0.3, -0.25) is 4.79 Å². The van der Waals surface area contributed by atoms with Crippen molar-refractivity contribution in [3.8, 4) is 0 Å². The second kappa shape index (κ2) is 6.04. The molecule has 0 radical (unpaired) electrons. The van der Waals surface area contributed by atoms with Gasteiger partial charge in [-0.1, -0.05) is 0 Å². The van der Waals surface area contributed by atoms with E-state index in [9.17, 15) is 9.59 Å². The van der Waals surface area contributed by atoms with E-state index in [1.807, 2.05) is 0 Å². The normalized spacial score (nSPS) is 24.4. The summed E-state index contributed by atoms with van der Waals surface area (Å²) < 4.78 is 5.11. The van der Waals surface area contributed by atoms with Gasteiger partial charge < -0.3 is 20.5 Å². The van der Waals surface area contributed by atoms with Crippen LogP contribution in [0, 0.1) is 5.92 Å². The third kappa shape index (κ3) is 5.35. The van der Waals surface area contributed by atoms with Crippen molar-refractivity contribution >= 4 is 12.1 Å². The molecule has 1 amide bonds. The summed E-state index contributed by atoms with van der Waals surface area (Å²) in [5.41, 5.74) is -0.520. The number of ether oxygens (including phenoxy) is 1. The Kier molecular flexibility index (Phi) is 4.95. The Morgan fingerprint density at radius 1 is 1.44 bits per heavy atom. The molecule has 1 fully saturated rings. The summed E-state index contributed by atoms with van der Waals surface area (Å²) in [5, 5.41) is 14.8. The van der Waals surface area contributed by atoms with E-state index in [4.69, 9.17) is 9.84 Å². The van der Waals surface area contributed by atoms with Crippen LogP contribution in [0.1, 0.15) is 33.6 Å². The molecule has 0 aliphatic carbocycles. The Labute approximate surface area is 107 Å². The molecule has 104 valence electrons. The molecule has 1 aliphatic rings. The van der Waals surface area contributed by atoms with Gasteiger partial charge in [-0.05, 0) is 40.2 Å². The van der Waals surface area contributed by atoms with Crippen LogP contribution in [0.15, 0.2) is 0 Å². The number of amides is 1. The summed E-state index contributed by atoms with van der Waals surface area (Å²) in [5.74, 6) is -1.09. The van der Waals surface area contributed by atoms with Gasteiger partial charge in [0, 0.05) is 12.6 Å². The first kappa shape index (κ1) is 14.8. The van der Waals surface area contributed by atoms with Gasteiger partial charge in [-0.25, -0.2) is 4.79 Å². The lowest BCUT2D eigenvalue weighted by molar-refractivity contribution is -0.142. The molecule has 2 atom stereocenters. The van der Waals surface area contributed by atoms with Gasteiger partial charge in [0.05, 0.1) is 5.92 Å². The maximum Gasteiger partial charge on any atom is 0.407 e. The molecule has 0 aromatic carbocycles. The fourth-order valence-corrected chi connectivity index (χ4v) is 1.91. The van der Waals surface area contributed by atoms with Crippen molar-refractivity contribution < 1.29 is 19.4 Å². The van der Waals surface area contributed by atoms with Crippen LogP contribution in [-0.4, -0.2) is 41.9 Å². The lowest BCUT2D eigenvalue weighted by atomic mass is 9.92. The molecule has 0 spiro atoms. The van der Waals surface area contributed by atoms with Gasteiger partial charge >= 0.3 is 12.1 Å². The lowest BCUT2D eigenvalue weighted by Crippen LogP contribution is -2.47. The molecule has 3 N–H and O–H groups in total. The number of hydrogen-bond acceptors (Lipinski definition) is 4. The summed E-state index contributed by atoms with van der Waals surface area (Å²) in [6, 6.07) is -0.00707. The fraction of sp³-hybridized carbons (Fsp3) is 0.833. The summed E-state index contributed by atoms with van der Waals surface area (Å²) in [7, 11) is 0. The zero-order valence-electron chi connectivity index (χ0n) is 11.2. The number of hydrogen-bond donors (Lipinski definition) is 3. The van der Waals surface area contributed by atoms with E-state index < -0.39 is 17.7 Å². The van der Waals surface area contributed by atoms with Gasteiger partial charge in [0.25, 0.3) is 0 Å². The molecule has 0 aromatic rings. The predicted octanol–water partition coefficient (Wildman–Crippen LogP) is 0.964. The monoisotopic (exact) mass is 258 g/mol. The van der Waals surface area contributed by atoms with Crippen molar-refractivity contribution in [3.63, 3.8) is 0 Å².